The second-order valence-corrected chi connectivity index (χ2v) is 5.68. The SMILES string of the molecule is CCOc1ccc(C(N)c2cc(Br)c(C)cc2OC)cc1. The fourth-order valence-corrected chi connectivity index (χ4v) is 2.57. The van der Waals surface area contributed by atoms with Gasteiger partial charge in [-0.05, 0) is 49.2 Å². The number of halogens is 1. The predicted molar refractivity (Wildman–Crippen MR) is 89.1 cm³/mol. The van der Waals surface area contributed by atoms with E-state index >= 15 is 0 Å². The first-order chi connectivity index (χ1) is 10.1. The Morgan fingerprint density at radius 3 is 2.43 bits per heavy atom. The summed E-state index contributed by atoms with van der Waals surface area (Å²) >= 11 is 3.55. The smallest absolute Gasteiger partial charge is 0.124 e. The van der Waals surface area contributed by atoms with Crippen molar-refractivity contribution in [3.8, 4) is 11.5 Å². The van der Waals surface area contributed by atoms with Crippen molar-refractivity contribution in [2.24, 2.45) is 5.73 Å². The maximum Gasteiger partial charge on any atom is 0.124 e. The summed E-state index contributed by atoms with van der Waals surface area (Å²) in [6.07, 6.45) is 0. The van der Waals surface area contributed by atoms with Crippen LogP contribution in [0.5, 0.6) is 11.5 Å². The molecule has 0 heterocycles. The highest BCUT2D eigenvalue weighted by molar-refractivity contribution is 9.10. The third kappa shape index (κ3) is 3.57. The lowest BCUT2D eigenvalue weighted by Gasteiger charge is -2.18. The highest BCUT2D eigenvalue weighted by Crippen LogP contribution is 2.33. The lowest BCUT2D eigenvalue weighted by Crippen LogP contribution is -2.13. The van der Waals surface area contributed by atoms with Gasteiger partial charge in [0.15, 0.2) is 0 Å². The first kappa shape index (κ1) is 15.9. The number of nitrogens with two attached hydrogens (primary N) is 1. The summed E-state index contributed by atoms with van der Waals surface area (Å²) in [5, 5.41) is 0. The molecule has 0 bridgehead atoms. The summed E-state index contributed by atoms with van der Waals surface area (Å²) in [4.78, 5) is 0. The first-order valence-electron chi connectivity index (χ1n) is 6.89. The summed E-state index contributed by atoms with van der Waals surface area (Å²) in [6.45, 7) is 4.65. The topological polar surface area (TPSA) is 44.5 Å². The molecule has 4 heteroatoms. The summed E-state index contributed by atoms with van der Waals surface area (Å²) in [7, 11) is 1.66. The third-order valence-corrected chi connectivity index (χ3v) is 4.25. The number of hydrogen-bond acceptors (Lipinski definition) is 3. The normalized spacial score (nSPS) is 12.0. The van der Waals surface area contributed by atoms with Crippen LogP contribution in [0.3, 0.4) is 0 Å². The van der Waals surface area contributed by atoms with Gasteiger partial charge in [0, 0.05) is 10.0 Å². The van der Waals surface area contributed by atoms with E-state index in [2.05, 4.69) is 15.9 Å². The average Bonchev–Trinajstić information content (AvgIpc) is 2.50. The van der Waals surface area contributed by atoms with Gasteiger partial charge in [0.25, 0.3) is 0 Å². The number of benzene rings is 2. The lowest BCUT2D eigenvalue weighted by molar-refractivity contribution is 0.340. The van der Waals surface area contributed by atoms with Gasteiger partial charge < -0.3 is 15.2 Å². The molecule has 0 aromatic heterocycles. The maximum atomic E-state index is 6.39. The fourth-order valence-electron chi connectivity index (χ4n) is 2.21. The summed E-state index contributed by atoms with van der Waals surface area (Å²) in [5.74, 6) is 1.66. The minimum Gasteiger partial charge on any atom is -0.496 e. The van der Waals surface area contributed by atoms with Crippen LogP contribution in [0.1, 0.15) is 29.7 Å². The van der Waals surface area contributed by atoms with Crippen molar-refractivity contribution < 1.29 is 9.47 Å². The van der Waals surface area contributed by atoms with Crippen molar-refractivity contribution in [1.82, 2.24) is 0 Å². The van der Waals surface area contributed by atoms with Crippen LogP contribution in [0, 0.1) is 6.92 Å². The van der Waals surface area contributed by atoms with E-state index in [0.29, 0.717) is 6.61 Å². The molecule has 0 aliphatic rings. The zero-order valence-electron chi connectivity index (χ0n) is 12.5. The Hall–Kier alpha value is -1.52. The van der Waals surface area contributed by atoms with Gasteiger partial charge in [-0.2, -0.15) is 0 Å². The Bertz CT molecular complexity index is 611. The summed E-state index contributed by atoms with van der Waals surface area (Å²) in [5.41, 5.74) is 9.49. The maximum absolute atomic E-state index is 6.39. The van der Waals surface area contributed by atoms with Crippen LogP contribution >= 0.6 is 15.9 Å². The van der Waals surface area contributed by atoms with Crippen LogP contribution < -0.4 is 15.2 Å². The molecule has 2 rings (SSSR count). The number of ether oxygens (including phenoxy) is 2. The number of aryl methyl sites for hydroxylation is 1. The quantitative estimate of drug-likeness (QED) is 0.878. The Morgan fingerprint density at radius 2 is 1.86 bits per heavy atom. The minimum absolute atomic E-state index is 0.243. The van der Waals surface area contributed by atoms with Crippen LogP contribution in [0.2, 0.25) is 0 Å². The highest BCUT2D eigenvalue weighted by Gasteiger charge is 2.16. The van der Waals surface area contributed by atoms with Gasteiger partial charge >= 0.3 is 0 Å². The van der Waals surface area contributed by atoms with Gasteiger partial charge in [0.2, 0.25) is 0 Å². The Morgan fingerprint density at radius 1 is 1.19 bits per heavy atom. The molecule has 2 aromatic rings. The van der Waals surface area contributed by atoms with E-state index in [1.807, 2.05) is 50.2 Å². The lowest BCUT2D eigenvalue weighted by atomic mass is 9.97. The summed E-state index contributed by atoms with van der Waals surface area (Å²) < 4.78 is 11.9. The molecule has 0 fully saturated rings. The second kappa shape index (κ2) is 6.96. The highest BCUT2D eigenvalue weighted by atomic mass is 79.9. The van der Waals surface area contributed by atoms with E-state index in [1.165, 1.54) is 0 Å². The first-order valence-corrected chi connectivity index (χ1v) is 7.68. The molecule has 2 N–H and O–H groups in total. The van der Waals surface area contributed by atoms with E-state index < -0.39 is 0 Å². The van der Waals surface area contributed by atoms with E-state index in [9.17, 15) is 0 Å². The Labute approximate surface area is 134 Å². The molecule has 1 unspecified atom stereocenters. The zero-order valence-corrected chi connectivity index (χ0v) is 14.1. The van der Waals surface area contributed by atoms with Gasteiger partial charge in [-0.1, -0.05) is 28.1 Å². The number of hydrogen-bond donors (Lipinski definition) is 1. The van der Waals surface area contributed by atoms with Crippen LogP contribution in [0.4, 0.5) is 0 Å². The fraction of sp³-hybridized carbons (Fsp3) is 0.294. The number of rotatable bonds is 5. The molecule has 0 spiro atoms. The molecule has 21 heavy (non-hydrogen) atoms. The monoisotopic (exact) mass is 349 g/mol. The van der Waals surface area contributed by atoms with Crippen molar-refractivity contribution in [2.75, 3.05) is 13.7 Å². The van der Waals surface area contributed by atoms with Crippen molar-refractivity contribution in [1.29, 1.82) is 0 Å². The van der Waals surface area contributed by atoms with Gasteiger partial charge in [-0.25, -0.2) is 0 Å². The Kier molecular flexibility index (Phi) is 5.26. The van der Waals surface area contributed by atoms with Crippen molar-refractivity contribution in [2.45, 2.75) is 19.9 Å². The molecule has 112 valence electrons. The van der Waals surface area contributed by atoms with Crippen molar-refractivity contribution in [3.05, 3.63) is 57.6 Å². The van der Waals surface area contributed by atoms with Gasteiger partial charge in [0.05, 0.1) is 19.8 Å². The minimum atomic E-state index is -0.243. The van der Waals surface area contributed by atoms with Crippen LogP contribution in [-0.2, 0) is 0 Å². The average molecular weight is 350 g/mol. The largest absolute Gasteiger partial charge is 0.496 e. The Balaban J connectivity index is 2.34. The van der Waals surface area contributed by atoms with Gasteiger partial charge in [-0.15, -0.1) is 0 Å². The standard InChI is InChI=1S/C17H20BrNO2/c1-4-21-13-7-5-12(6-8-13)17(19)14-10-15(18)11(2)9-16(14)20-3/h5-10,17H,4,19H2,1-3H3. The summed E-state index contributed by atoms with van der Waals surface area (Å²) in [6, 6.07) is 11.6. The van der Waals surface area contributed by atoms with Crippen molar-refractivity contribution >= 4 is 15.9 Å². The molecule has 0 aliphatic heterocycles. The molecule has 0 saturated heterocycles. The van der Waals surface area contributed by atoms with Gasteiger partial charge in [0.1, 0.15) is 11.5 Å². The molecular formula is C17H20BrNO2. The molecule has 3 nitrogen and oxygen atoms in total. The molecule has 0 saturated carbocycles. The van der Waals surface area contributed by atoms with Crippen LogP contribution in [0.25, 0.3) is 0 Å². The van der Waals surface area contributed by atoms with Crippen molar-refractivity contribution in [3.63, 3.8) is 0 Å². The molecule has 0 radical (unpaired) electrons. The molecular weight excluding hydrogens is 330 g/mol. The second-order valence-electron chi connectivity index (χ2n) is 4.82. The van der Waals surface area contributed by atoms with E-state index in [0.717, 1.165) is 32.7 Å². The van der Waals surface area contributed by atoms with E-state index in [1.54, 1.807) is 7.11 Å². The van der Waals surface area contributed by atoms with E-state index in [-0.39, 0.29) is 6.04 Å². The van der Waals surface area contributed by atoms with E-state index in [4.69, 9.17) is 15.2 Å². The molecule has 2 aromatic carbocycles. The predicted octanol–water partition coefficient (Wildman–Crippen LogP) is 4.21. The van der Waals surface area contributed by atoms with Crippen LogP contribution in [0.15, 0.2) is 40.9 Å². The van der Waals surface area contributed by atoms with Crippen LogP contribution in [-0.4, -0.2) is 13.7 Å². The number of methoxy groups -OCH3 is 1. The molecule has 0 amide bonds. The molecule has 0 aliphatic carbocycles. The zero-order chi connectivity index (χ0) is 15.4. The molecule has 1 atom stereocenters. The third-order valence-electron chi connectivity index (χ3n) is 3.40. The van der Waals surface area contributed by atoms with Gasteiger partial charge in [-0.3, -0.25) is 0 Å².